The molecule has 0 aromatic heterocycles. The van der Waals surface area contributed by atoms with Crippen molar-refractivity contribution in [2.24, 2.45) is 0 Å². The number of hydrogen-bond acceptors (Lipinski definition) is 7. The van der Waals surface area contributed by atoms with Crippen LogP contribution in [0.2, 0.25) is 0 Å². The molecule has 120 valence electrons. The smallest absolute Gasteiger partial charge is 0.232 e. The lowest BCUT2D eigenvalue weighted by molar-refractivity contribution is -0.501. The first-order valence-corrected chi connectivity index (χ1v) is 7.01. The Morgan fingerprint density at radius 3 is 2.59 bits per heavy atom. The number of rotatable bonds is 3. The lowest BCUT2D eigenvalue weighted by Gasteiger charge is -2.45. The van der Waals surface area contributed by atoms with Gasteiger partial charge in [0, 0.05) is 10.5 Å². The molecule has 0 spiro atoms. The second-order valence-corrected chi connectivity index (χ2v) is 5.39. The highest BCUT2D eigenvalue weighted by atomic mass is 16.7. The van der Waals surface area contributed by atoms with Crippen molar-refractivity contribution in [1.82, 2.24) is 0 Å². The topological polar surface area (TPSA) is 111 Å². The van der Waals surface area contributed by atoms with Crippen LogP contribution in [0.25, 0.3) is 0 Å². The van der Waals surface area contributed by atoms with Gasteiger partial charge in [0.2, 0.25) is 6.54 Å². The van der Waals surface area contributed by atoms with Crippen LogP contribution in [0, 0.1) is 10.1 Å². The third kappa shape index (κ3) is 2.96. The predicted octanol–water partition coefficient (Wildman–Crippen LogP) is -0.134. The van der Waals surface area contributed by atoms with Crippen molar-refractivity contribution in [3.63, 3.8) is 0 Å². The molecule has 22 heavy (non-hydrogen) atoms. The van der Waals surface area contributed by atoms with E-state index in [4.69, 9.17) is 14.2 Å². The highest BCUT2D eigenvalue weighted by Gasteiger charge is 2.50. The van der Waals surface area contributed by atoms with Crippen molar-refractivity contribution in [1.29, 1.82) is 0 Å². The fraction of sp³-hybridized carbons (Fsp3) is 0.571. The van der Waals surface area contributed by atoms with Crippen molar-refractivity contribution in [2.45, 2.75) is 36.8 Å². The Morgan fingerprint density at radius 1 is 1.18 bits per heavy atom. The minimum absolute atomic E-state index is 0.127. The minimum atomic E-state index is -1.37. The van der Waals surface area contributed by atoms with E-state index >= 15 is 0 Å². The molecule has 0 amide bonds. The Labute approximate surface area is 126 Å². The molecule has 0 radical (unpaired) electrons. The standard InChI is InChI=1S/C14H17NO7/c16-11-9(6-15(18)19)21-10-7-20-14(22-13(10)12(11)17)8-4-2-1-3-5-8/h1-5,9-14,16-17H,6-7H2/t9-,10+,11-,12+,13+,14?/m0/s1. The van der Waals surface area contributed by atoms with Crippen LogP contribution < -0.4 is 0 Å². The molecule has 1 aromatic rings. The van der Waals surface area contributed by atoms with Gasteiger partial charge in [-0.2, -0.15) is 0 Å². The van der Waals surface area contributed by atoms with E-state index < -0.39 is 48.3 Å². The Kier molecular flexibility index (Phi) is 4.37. The highest BCUT2D eigenvalue weighted by molar-refractivity contribution is 5.16. The number of aliphatic hydroxyl groups excluding tert-OH is 2. The van der Waals surface area contributed by atoms with E-state index in [1.807, 2.05) is 30.3 Å². The molecule has 2 aliphatic rings. The summed E-state index contributed by atoms with van der Waals surface area (Å²) in [6.45, 7) is -0.453. The van der Waals surface area contributed by atoms with E-state index in [1.165, 1.54) is 0 Å². The van der Waals surface area contributed by atoms with Crippen LogP contribution in [-0.4, -0.2) is 58.8 Å². The average molecular weight is 311 g/mol. The normalized spacial score (nSPS) is 38.3. The summed E-state index contributed by atoms with van der Waals surface area (Å²) in [4.78, 5) is 10.0. The predicted molar refractivity (Wildman–Crippen MR) is 72.5 cm³/mol. The molecule has 0 saturated carbocycles. The fourth-order valence-corrected chi connectivity index (χ4v) is 2.77. The van der Waals surface area contributed by atoms with Crippen LogP contribution in [0.1, 0.15) is 11.9 Å². The second-order valence-electron chi connectivity index (χ2n) is 5.39. The van der Waals surface area contributed by atoms with Crippen LogP contribution in [0.4, 0.5) is 0 Å². The van der Waals surface area contributed by atoms with Crippen LogP contribution in [0.5, 0.6) is 0 Å². The zero-order valence-corrected chi connectivity index (χ0v) is 11.6. The van der Waals surface area contributed by atoms with Gasteiger partial charge in [-0.15, -0.1) is 0 Å². The summed E-state index contributed by atoms with van der Waals surface area (Å²) in [5.41, 5.74) is 0.787. The maximum Gasteiger partial charge on any atom is 0.232 e. The van der Waals surface area contributed by atoms with Crippen LogP contribution in [-0.2, 0) is 14.2 Å². The quantitative estimate of drug-likeness (QED) is 0.590. The zero-order valence-electron chi connectivity index (χ0n) is 11.6. The van der Waals surface area contributed by atoms with Gasteiger partial charge in [0.1, 0.15) is 24.4 Å². The number of benzene rings is 1. The van der Waals surface area contributed by atoms with Crippen molar-refractivity contribution in [3.05, 3.63) is 46.0 Å². The van der Waals surface area contributed by atoms with Crippen molar-refractivity contribution in [2.75, 3.05) is 13.2 Å². The zero-order chi connectivity index (χ0) is 15.7. The number of nitro groups is 1. The van der Waals surface area contributed by atoms with Crippen molar-refractivity contribution in [3.8, 4) is 0 Å². The summed E-state index contributed by atoms with van der Waals surface area (Å²) in [6, 6.07) is 9.19. The molecule has 8 heteroatoms. The molecule has 1 aromatic carbocycles. The molecular formula is C14H17NO7. The Morgan fingerprint density at radius 2 is 1.91 bits per heavy atom. The fourth-order valence-electron chi connectivity index (χ4n) is 2.77. The Hall–Kier alpha value is -1.58. The monoisotopic (exact) mass is 311 g/mol. The molecule has 0 bridgehead atoms. The van der Waals surface area contributed by atoms with E-state index in [0.29, 0.717) is 0 Å². The van der Waals surface area contributed by atoms with Gasteiger partial charge in [0.05, 0.1) is 6.61 Å². The summed E-state index contributed by atoms with van der Waals surface area (Å²) >= 11 is 0. The maximum absolute atomic E-state index is 10.6. The van der Waals surface area contributed by atoms with Crippen molar-refractivity contribution >= 4 is 0 Å². The van der Waals surface area contributed by atoms with Gasteiger partial charge < -0.3 is 24.4 Å². The third-order valence-electron chi connectivity index (χ3n) is 3.88. The number of nitrogens with zero attached hydrogens (tertiary/aromatic N) is 1. The highest BCUT2D eigenvalue weighted by Crippen LogP contribution is 2.33. The molecule has 2 fully saturated rings. The number of hydrogen-bond donors (Lipinski definition) is 2. The van der Waals surface area contributed by atoms with E-state index in [0.717, 1.165) is 5.56 Å². The molecule has 2 heterocycles. The summed E-state index contributed by atoms with van der Waals surface area (Å²) in [7, 11) is 0. The molecule has 6 atom stereocenters. The van der Waals surface area contributed by atoms with Crippen LogP contribution in [0.3, 0.4) is 0 Å². The molecule has 2 aliphatic heterocycles. The largest absolute Gasteiger partial charge is 0.387 e. The molecule has 1 unspecified atom stereocenters. The SMILES string of the molecule is O=[N+]([O-])C[C@@H]1O[C@@H]2COC(c3ccccc3)O[C@H]2[C@H](O)[C@H]1O. The minimum Gasteiger partial charge on any atom is -0.387 e. The number of aliphatic hydroxyl groups is 2. The first kappa shape index (κ1) is 15.3. The third-order valence-corrected chi connectivity index (χ3v) is 3.88. The maximum atomic E-state index is 10.6. The van der Waals surface area contributed by atoms with Crippen molar-refractivity contribution < 1.29 is 29.3 Å². The lowest BCUT2D eigenvalue weighted by Crippen LogP contribution is -2.62. The number of fused-ring (bicyclic) bond motifs is 1. The summed E-state index contributed by atoms with van der Waals surface area (Å²) in [5, 5.41) is 30.8. The summed E-state index contributed by atoms with van der Waals surface area (Å²) < 4.78 is 16.7. The van der Waals surface area contributed by atoms with Gasteiger partial charge in [-0.25, -0.2) is 0 Å². The summed E-state index contributed by atoms with van der Waals surface area (Å²) in [6.07, 6.45) is -5.83. The molecule has 8 nitrogen and oxygen atoms in total. The van der Waals surface area contributed by atoms with Gasteiger partial charge in [-0.3, -0.25) is 10.1 Å². The average Bonchev–Trinajstić information content (AvgIpc) is 2.52. The summed E-state index contributed by atoms with van der Waals surface area (Å²) in [5.74, 6) is 0. The van der Waals surface area contributed by atoms with E-state index in [9.17, 15) is 20.3 Å². The first-order valence-electron chi connectivity index (χ1n) is 7.01. The van der Waals surface area contributed by atoms with Crippen LogP contribution >= 0.6 is 0 Å². The molecule has 0 aliphatic carbocycles. The Balaban J connectivity index is 1.71. The van der Waals surface area contributed by atoms with E-state index in [-0.39, 0.29) is 6.61 Å². The van der Waals surface area contributed by atoms with Crippen LogP contribution in [0.15, 0.2) is 30.3 Å². The lowest BCUT2D eigenvalue weighted by atomic mass is 9.94. The van der Waals surface area contributed by atoms with Gasteiger partial charge in [-0.05, 0) is 0 Å². The first-order chi connectivity index (χ1) is 10.6. The van der Waals surface area contributed by atoms with E-state index in [2.05, 4.69) is 0 Å². The number of ether oxygens (including phenoxy) is 3. The van der Waals surface area contributed by atoms with Gasteiger partial charge >= 0.3 is 0 Å². The second kappa shape index (κ2) is 6.27. The van der Waals surface area contributed by atoms with Gasteiger partial charge in [-0.1, -0.05) is 30.3 Å². The van der Waals surface area contributed by atoms with Gasteiger partial charge in [0.25, 0.3) is 0 Å². The molecule has 2 N–H and O–H groups in total. The van der Waals surface area contributed by atoms with Gasteiger partial charge in [0.15, 0.2) is 12.4 Å². The Bertz CT molecular complexity index is 523. The molecule has 2 saturated heterocycles. The molecule has 3 rings (SSSR count). The molecular weight excluding hydrogens is 294 g/mol. The van der Waals surface area contributed by atoms with E-state index in [1.54, 1.807) is 0 Å².